The van der Waals surface area contributed by atoms with Gasteiger partial charge in [-0.3, -0.25) is 0 Å². The fourth-order valence-corrected chi connectivity index (χ4v) is 8.34. The summed E-state index contributed by atoms with van der Waals surface area (Å²) in [6.45, 7) is 0.0443. The SMILES string of the molecule is c1ccc(-n2c3cc4oc5ccccc5c4cc3c3ccc4c(c32)-c2ccccc2N2B4c3ccccc3-c3ccccc32)cc1. The Morgan fingerprint density at radius 2 is 1.15 bits per heavy atom. The molecule has 2 aliphatic rings. The molecule has 2 aromatic heterocycles. The van der Waals surface area contributed by atoms with Crippen molar-refractivity contribution in [2.24, 2.45) is 0 Å². The van der Waals surface area contributed by atoms with Crippen molar-refractivity contribution in [2.45, 2.75) is 0 Å². The minimum atomic E-state index is 0.0443. The molecule has 0 saturated carbocycles. The third kappa shape index (κ3) is 3.03. The van der Waals surface area contributed by atoms with E-state index in [2.05, 4.69) is 155 Å². The van der Waals surface area contributed by atoms with E-state index in [0.717, 1.165) is 33.1 Å². The van der Waals surface area contributed by atoms with Crippen LogP contribution in [0.25, 0.3) is 71.7 Å². The van der Waals surface area contributed by atoms with Gasteiger partial charge in [0.05, 0.1) is 11.0 Å². The van der Waals surface area contributed by atoms with Crippen molar-refractivity contribution in [3.63, 3.8) is 0 Å². The summed E-state index contributed by atoms with van der Waals surface area (Å²) in [5, 5.41) is 4.78. The summed E-state index contributed by atoms with van der Waals surface area (Å²) >= 11 is 0. The van der Waals surface area contributed by atoms with Crippen molar-refractivity contribution in [3.8, 4) is 27.9 Å². The number of hydrogen-bond acceptors (Lipinski definition) is 2. The lowest BCUT2D eigenvalue weighted by Crippen LogP contribution is -2.59. The molecule has 0 spiro atoms. The zero-order valence-electron chi connectivity index (χ0n) is 24.8. The molecule has 0 radical (unpaired) electrons. The Hall–Kier alpha value is -6.00. The molecule has 0 amide bonds. The molecule has 11 rings (SSSR count). The van der Waals surface area contributed by atoms with Crippen LogP contribution in [0.5, 0.6) is 0 Å². The molecule has 2 aliphatic heterocycles. The van der Waals surface area contributed by atoms with Crippen LogP contribution >= 0.6 is 0 Å². The summed E-state index contributed by atoms with van der Waals surface area (Å²) in [5.74, 6) is 0. The zero-order valence-corrected chi connectivity index (χ0v) is 24.8. The topological polar surface area (TPSA) is 21.3 Å². The second kappa shape index (κ2) is 8.80. The number of furan rings is 1. The van der Waals surface area contributed by atoms with Gasteiger partial charge in [0.1, 0.15) is 11.2 Å². The Labute approximate surface area is 265 Å². The molecule has 0 saturated heterocycles. The fourth-order valence-electron chi connectivity index (χ4n) is 8.34. The number of benzene rings is 7. The number of nitrogens with zero attached hydrogens (tertiary/aromatic N) is 2. The Bertz CT molecular complexity index is 2720. The maximum absolute atomic E-state index is 6.44. The van der Waals surface area contributed by atoms with E-state index >= 15 is 0 Å². The molecular formula is C42H25BN2O. The summed E-state index contributed by atoms with van der Waals surface area (Å²) in [5.41, 5.74) is 15.6. The van der Waals surface area contributed by atoms with Gasteiger partial charge in [-0.1, -0.05) is 109 Å². The lowest BCUT2D eigenvalue weighted by molar-refractivity contribution is 0.669. The molecule has 212 valence electrons. The Balaban J connectivity index is 1.32. The van der Waals surface area contributed by atoms with Crippen LogP contribution in [0, 0.1) is 0 Å². The van der Waals surface area contributed by atoms with Crippen molar-refractivity contribution in [2.75, 3.05) is 4.81 Å². The van der Waals surface area contributed by atoms with Crippen LogP contribution in [0.1, 0.15) is 0 Å². The normalized spacial score (nSPS) is 13.1. The molecule has 0 bridgehead atoms. The van der Waals surface area contributed by atoms with Gasteiger partial charge in [-0.05, 0) is 52.9 Å². The minimum Gasteiger partial charge on any atom is -0.456 e. The lowest BCUT2D eigenvalue weighted by Gasteiger charge is -2.43. The van der Waals surface area contributed by atoms with Gasteiger partial charge in [0.15, 0.2) is 0 Å². The third-order valence-corrected chi connectivity index (χ3v) is 10.2. The number of anilines is 2. The van der Waals surface area contributed by atoms with Crippen LogP contribution < -0.4 is 15.7 Å². The first-order valence-electron chi connectivity index (χ1n) is 15.9. The summed E-state index contributed by atoms with van der Waals surface area (Å²) < 4.78 is 8.90. The van der Waals surface area contributed by atoms with Gasteiger partial charge in [-0.2, -0.15) is 0 Å². The monoisotopic (exact) mass is 584 g/mol. The zero-order chi connectivity index (χ0) is 29.9. The number of fused-ring (bicyclic) bond motifs is 18. The molecule has 0 unspecified atom stereocenters. The summed E-state index contributed by atoms with van der Waals surface area (Å²) in [6.07, 6.45) is 0. The van der Waals surface area contributed by atoms with Crippen LogP contribution in [-0.4, -0.2) is 11.4 Å². The molecule has 4 heteroatoms. The molecule has 0 atom stereocenters. The number of rotatable bonds is 1. The van der Waals surface area contributed by atoms with Crippen molar-refractivity contribution < 1.29 is 4.42 Å². The Morgan fingerprint density at radius 1 is 0.457 bits per heavy atom. The van der Waals surface area contributed by atoms with Crippen LogP contribution in [-0.2, 0) is 0 Å². The average Bonchev–Trinajstić information content (AvgIpc) is 3.65. The van der Waals surface area contributed by atoms with Crippen LogP contribution in [0.3, 0.4) is 0 Å². The van der Waals surface area contributed by atoms with Gasteiger partial charge in [0.25, 0.3) is 0 Å². The standard InChI is InChI=1S/C42H25BN2O/c1-2-12-26(13-3-1)44-38-25-40-33(29-16-7-11-21-39(29)46-40)24-32(38)30-22-23-35-41(42(30)44)31-17-6-10-20-37(31)45-36-19-9-5-15-28(36)27-14-4-8-18-34(27)43(35)45/h1-25H. The van der Waals surface area contributed by atoms with Crippen LogP contribution in [0.2, 0.25) is 0 Å². The highest BCUT2D eigenvalue weighted by Gasteiger charge is 2.43. The second-order valence-corrected chi connectivity index (χ2v) is 12.5. The average molecular weight is 584 g/mol. The molecule has 46 heavy (non-hydrogen) atoms. The van der Waals surface area contributed by atoms with E-state index in [-0.39, 0.29) is 6.85 Å². The van der Waals surface area contributed by atoms with Crippen molar-refractivity contribution in [1.29, 1.82) is 0 Å². The molecule has 0 fully saturated rings. The molecule has 3 nitrogen and oxygen atoms in total. The molecule has 9 aromatic rings. The highest BCUT2D eigenvalue weighted by atomic mass is 16.3. The van der Waals surface area contributed by atoms with Crippen molar-refractivity contribution >= 4 is 72.9 Å². The van der Waals surface area contributed by atoms with Crippen LogP contribution in [0.15, 0.2) is 156 Å². The summed E-state index contributed by atoms with van der Waals surface area (Å²) in [4.78, 5) is 2.57. The van der Waals surface area contributed by atoms with E-state index in [0.29, 0.717) is 0 Å². The third-order valence-electron chi connectivity index (χ3n) is 10.2. The maximum Gasteiger partial charge on any atom is 0.329 e. The van der Waals surface area contributed by atoms with Gasteiger partial charge in [-0.25, -0.2) is 0 Å². The summed E-state index contributed by atoms with van der Waals surface area (Å²) in [6, 6.07) is 55.2. The van der Waals surface area contributed by atoms with Crippen molar-refractivity contribution in [3.05, 3.63) is 152 Å². The van der Waals surface area contributed by atoms with Crippen LogP contribution in [0.4, 0.5) is 11.4 Å². The van der Waals surface area contributed by atoms with E-state index in [1.54, 1.807) is 0 Å². The van der Waals surface area contributed by atoms with E-state index in [9.17, 15) is 0 Å². The van der Waals surface area contributed by atoms with E-state index < -0.39 is 0 Å². The van der Waals surface area contributed by atoms with E-state index in [1.165, 1.54) is 60.8 Å². The van der Waals surface area contributed by atoms with Gasteiger partial charge < -0.3 is 13.8 Å². The van der Waals surface area contributed by atoms with Gasteiger partial charge in [0.2, 0.25) is 0 Å². The number of para-hydroxylation sites is 4. The first kappa shape index (κ1) is 24.3. The second-order valence-electron chi connectivity index (χ2n) is 12.5. The largest absolute Gasteiger partial charge is 0.456 e. The van der Waals surface area contributed by atoms with Crippen molar-refractivity contribution in [1.82, 2.24) is 4.57 Å². The quantitative estimate of drug-likeness (QED) is 0.179. The Morgan fingerprint density at radius 3 is 2.02 bits per heavy atom. The van der Waals surface area contributed by atoms with Gasteiger partial charge in [0, 0.05) is 61.4 Å². The van der Waals surface area contributed by atoms with Gasteiger partial charge >= 0.3 is 6.85 Å². The minimum absolute atomic E-state index is 0.0443. The maximum atomic E-state index is 6.44. The summed E-state index contributed by atoms with van der Waals surface area (Å²) in [7, 11) is 0. The highest BCUT2D eigenvalue weighted by Crippen LogP contribution is 2.49. The molecular weight excluding hydrogens is 559 g/mol. The smallest absolute Gasteiger partial charge is 0.329 e. The first-order valence-corrected chi connectivity index (χ1v) is 15.9. The first-order chi connectivity index (χ1) is 22.8. The Kier molecular flexibility index (Phi) is 4.66. The van der Waals surface area contributed by atoms with E-state index in [4.69, 9.17) is 4.42 Å². The predicted octanol–water partition coefficient (Wildman–Crippen LogP) is 9.59. The van der Waals surface area contributed by atoms with E-state index in [1.807, 2.05) is 6.07 Å². The lowest BCUT2D eigenvalue weighted by atomic mass is 9.43. The molecule has 7 aromatic carbocycles. The molecule has 0 N–H and O–H groups in total. The highest BCUT2D eigenvalue weighted by molar-refractivity contribution is 6.92. The fraction of sp³-hybridized carbons (Fsp3) is 0. The molecule has 4 heterocycles. The number of hydrogen-bond donors (Lipinski definition) is 0. The molecule has 0 aliphatic carbocycles. The number of aromatic nitrogens is 1. The predicted molar refractivity (Wildman–Crippen MR) is 193 cm³/mol. The van der Waals surface area contributed by atoms with Gasteiger partial charge in [-0.15, -0.1) is 0 Å².